The summed E-state index contributed by atoms with van der Waals surface area (Å²) in [6, 6.07) is 14.7. The fourth-order valence-electron chi connectivity index (χ4n) is 3.27. The van der Waals surface area contributed by atoms with Crippen molar-refractivity contribution in [1.29, 1.82) is 0 Å². The molecule has 0 saturated carbocycles. The Hall–Kier alpha value is -2.68. The Bertz CT molecular complexity index is 1070. The minimum atomic E-state index is -3.47. The molecule has 2 aromatic carbocycles. The fourth-order valence-corrected chi connectivity index (χ4v) is 4.71. The van der Waals surface area contributed by atoms with Crippen LogP contribution in [0.2, 0.25) is 0 Å². The van der Waals surface area contributed by atoms with E-state index in [-0.39, 0.29) is 4.90 Å². The third kappa shape index (κ3) is 4.05. The maximum Gasteiger partial charge on any atom is 0.243 e. The molecule has 1 fully saturated rings. The number of hydrogen-bond donors (Lipinski definition) is 1. The maximum atomic E-state index is 12.8. The molecule has 0 spiro atoms. The lowest BCUT2D eigenvalue weighted by Gasteiger charge is -2.26. The van der Waals surface area contributed by atoms with Crippen LogP contribution >= 0.6 is 0 Å². The first-order chi connectivity index (χ1) is 13.9. The Morgan fingerprint density at radius 2 is 1.59 bits per heavy atom. The molecule has 1 aliphatic heterocycles. The van der Waals surface area contributed by atoms with Crippen LogP contribution in [0, 0.1) is 0 Å². The highest BCUT2D eigenvalue weighted by Crippen LogP contribution is 2.28. The van der Waals surface area contributed by atoms with Gasteiger partial charge in [-0.1, -0.05) is 0 Å². The van der Waals surface area contributed by atoms with Gasteiger partial charge in [0.25, 0.3) is 0 Å². The predicted molar refractivity (Wildman–Crippen MR) is 113 cm³/mol. The van der Waals surface area contributed by atoms with Crippen LogP contribution in [-0.4, -0.2) is 58.0 Å². The molecular weight excluding hydrogens is 388 g/mol. The highest BCUT2D eigenvalue weighted by molar-refractivity contribution is 7.89. The van der Waals surface area contributed by atoms with Crippen LogP contribution in [0.3, 0.4) is 0 Å². The summed E-state index contributed by atoms with van der Waals surface area (Å²) in [5.74, 6) is 1.13. The first-order valence-corrected chi connectivity index (χ1v) is 10.9. The molecule has 0 unspecified atom stereocenters. The SMILES string of the molecule is CN(C)c1ccc(-c2cnc(-c3ccc(S(=O)(=O)N4CCNCC4)cc3)o2)cc1. The van der Waals surface area contributed by atoms with Crippen LogP contribution in [0.25, 0.3) is 22.8 Å². The van der Waals surface area contributed by atoms with E-state index in [4.69, 9.17) is 4.42 Å². The van der Waals surface area contributed by atoms with Crippen molar-refractivity contribution in [2.45, 2.75) is 4.90 Å². The monoisotopic (exact) mass is 412 g/mol. The van der Waals surface area contributed by atoms with Crippen molar-refractivity contribution in [1.82, 2.24) is 14.6 Å². The quantitative estimate of drug-likeness (QED) is 0.694. The van der Waals surface area contributed by atoms with E-state index in [9.17, 15) is 8.42 Å². The van der Waals surface area contributed by atoms with Gasteiger partial charge in [0.1, 0.15) is 0 Å². The Balaban J connectivity index is 1.54. The molecule has 1 aromatic heterocycles. The highest BCUT2D eigenvalue weighted by atomic mass is 32.2. The molecule has 8 heteroatoms. The summed E-state index contributed by atoms with van der Waals surface area (Å²) in [7, 11) is 0.516. The highest BCUT2D eigenvalue weighted by Gasteiger charge is 2.25. The van der Waals surface area contributed by atoms with E-state index in [2.05, 4.69) is 10.3 Å². The number of piperazine rings is 1. The van der Waals surface area contributed by atoms with Crippen molar-refractivity contribution in [3.8, 4) is 22.8 Å². The molecule has 1 N–H and O–H groups in total. The molecule has 0 amide bonds. The second kappa shape index (κ2) is 7.98. The van der Waals surface area contributed by atoms with Crippen LogP contribution in [0.4, 0.5) is 5.69 Å². The van der Waals surface area contributed by atoms with Crippen LogP contribution in [-0.2, 0) is 10.0 Å². The lowest BCUT2D eigenvalue weighted by molar-refractivity contribution is 0.360. The zero-order valence-corrected chi connectivity index (χ0v) is 17.3. The first-order valence-electron chi connectivity index (χ1n) is 9.50. The molecule has 0 aliphatic carbocycles. The second-order valence-electron chi connectivity index (χ2n) is 7.15. The van der Waals surface area contributed by atoms with Gasteiger partial charge in [0, 0.05) is 57.1 Å². The summed E-state index contributed by atoms with van der Waals surface area (Å²) in [6.45, 7) is 2.32. The zero-order chi connectivity index (χ0) is 20.4. The Labute approximate surface area is 171 Å². The number of sulfonamides is 1. The largest absolute Gasteiger partial charge is 0.436 e. The number of anilines is 1. The van der Waals surface area contributed by atoms with Gasteiger partial charge in [-0.05, 0) is 48.5 Å². The smallest absolute Gasteiger partial charge is 0.243 e. The van der Waals surface area contributed by atoms with Gasteiger partial charge >= 0.3 is 0 Å². The normalized spacial score (nSPS) is 15.4. The van der Waals surface area contributed by atoms with Gasteiger partial charge in [-0.3, -0.25) is 0 Å². The predicted octanol–water partition coefficient (Wildman–Crippen LogP) is 2.67. The van der Waals surface area contributed by atoms with Crippen LogP contribution < -0.4 is 10.2 Å². The number of nitrogens with one attached hydrogen (secondary N) is 1. The van der Waals surface area contributed by atoms with E-state index >= 15 is 0 Å². The number of nitrogens with zero attached hydrogens (tertiary/aromatic N) is 3. The van der Waals surface area contributed by atoms with E-state index in [1.54, 1.807) is 30.5 Å². The molecule has 0 bridgehead atoms. The number of aromatic nitrogens is 1. The molecule has 2 heterocycles. The number of hydrogen-bond acceptors (Lipinski definition) is 6. The number of benzene rings is 2. The van der Waals surface area contributed by atoms with Crippen molar-refractivity contribution in [2.24, 2.45) is 0 Å². The minimum absolute atomic E-state index is 0.286. The molecule has 152 valence electrons. The summed E-state index contributed by atoms with van der Waals surface area (Å²) < 4.78 is 32.9. The standard InChI is InChI=1S/C21H24N4O3S/c1-24(2)18-7-3-16(4-8-18)20-15-23-21(28-20)17-5-9-19(10-6-17)29(26,27)25-13-11-22-12-14-25/h3-10,15,22H,11-14H2,1-2H3. The van der Waals surface area contributed by atoms with E-state index in [1.807, 2.05) is 43.3 Å². The Morgan fingerprint density at radius 1 is 0.966 bits per heavy atom. The van der Waals surface area contributed by atoms with Crippen molar-refractivity contribution >= 4 is 15.7 Å². The molecule has 0 atom stereocenters. The molecule has 4 rings (SSSR count). The van der Waals surface area contributed by atoms with Gasteiger partial charge in [-0.2, -0.15) is 4.31 Å². The average molecular weight is 413 g/mol. The van der Waals surface area contributed by atoms with E-state index in [0.29, 0.717) is 37.8 Å². The molecule has 29 heavy (non-hydrogen) atoms. The van der Waals surface area contributed by atoms with Crippen molar-refractivity contribution in [3.05, 3.63) is 54.7 Å². The lowest BCUT2D eigenvalue weighted by Crippen LogP contribution is -2.46. The second-order valence-corrected chi connectivity index (χ2v) is 9.09. The number of rotatable bonds is 5. The zero-order valence-electron chi connectivity index (χ0n) is 16.5. The molecular formula is C21H24N4O3S. The van der Waals surface area contributed by atoms with E-state index < -0.39 is 10.0 Å². The average Bonchev–Trinajstić information content (AvgIpc) is 3.25. The van der Waals surface area contributed by atoms with Gasteiger partial charge < -0.3 is 14.6 Å². The lowest BCUT2D eigenvalue weighted by atomic mass is 10.1. The summed E-state index contributed by atoms with van der Waals surface area (Å²) in [6.07, 6.45) is 1.69. The summed E-state index contributed by atoms with van der Waals surface area (Å²) >= 11 is 0. The van der Waals surface area contributed by atoms with Crippen LogP contribution in [0.1, 0.15) is 0 Å². The van der Waals surface area contributed by atoms with E-state index in [1.165, 1.54) is 4.31 Å². The molecule has 7 nitrogen and oxygen atoms in total. The third-order valence-corrected chi connectivity index (χ3v) is 6.90. The van der Waals surface area contributed by atoms with Crippen molar-refractivity contribution in [2.75, 3.05) is 45.2 Å². The van der Waals surface area contributed by atoms with Crippen LogP contribution in [0.5, 0.6) is 0 Å². The number of oxazole rings is 1. The molecule has 1 aliphatic rings. The van der Waals surface area contributed by atoms with E-state index in [0.717, 1.165) is 16.8 Å². The summed E-state index contributed by atoms with van der Waals surface area (Å²) in [4.78, 5) is 6.68. The van der Waals surface area contributed by atoms with Crippen molar-refractivity contribution < 1.29 is 12.8 Å². The maximum absolute atomic E-state index is 12.8. The first kappa shape index (κ1) is 19.6. The minimum Gasteiger partial charge on any atom is -0.436 e. The topological polar surface area (TPSA) is 78.7 Å². The molecule has 3 aromatic rings. The van der Waals surface area contributed by atoms with Gasteiger partial charge in [0.2, 0.25) is 15.9 Å². The summed E-state index contributed by atoms with van der Waals surface area (Å²) in [5, 5.41) is 3.16. The molecule has 0 radical (unpaired) electrons. The third-order valence-electron chi connectivity index (χ3n) is 4.99. The Kier molecular flexibility index (Phi) is 5.40. The van der Waals surface area contributed by atoms with Gasteiger partial charge in [-0.25, -0.2) is 13.4 Å². The van der Waals surface area contributed by atoms with Crippen LogP contribution in [0.15, 0.2) is 64.0 Å². The summed E-state index contributed by atoms with van der Waals surface area (Å²) in [5.41, 5.74) is 2.78. The van der Waals surface area contributed by atoms with Gasteiger partial charge in [-0.15, -0.1) is 0 Å². The van der Waals surface area contributed by atoms with Gasteiger partial charge in [0.05, 0.1) is 11.1 Å². The van der Waals surface area contributed by atoms with Gasteiger partial charge in [0.15, 0.2) is 5.76 Å². The fraction of sp³-hybridized carbons (Fsp3) is 0.286. The van der Waals surface area contributed by atoms with Crippen molar-refractivity contribution in [3.63, 3.8) is 0 Å². The Morgan fingerprint density at radius 3 is 2.21 bits per heavy atom. The molecule has 1 saturated heterocycles.